The Kier molecular flexibility index (Phi) is 7.62. The Bertz CT molecular complexity index is 1300. The van der Waals surface area contributed by atoms with Crippen molar-refractivity contribution < 1.29 is 27.9 Å². The van der Waals surface area contributed by atoms with Crippen molar-refractivity contribution in [3.05, 3.63) is 53.1 Å². The number of aryl methyl sites for hydroxylation is 2. The van der Waals surface area contributed by atoms with Crippen molar-refractivity contribution in [3.63, 3.8) is 0 Å². The van der Waals surface area contributed by atoms with Gasteiger partial charge < -0.3 is 15.4 Å². The van der Waals surface area contributed by atoms with Crippen molar-refractivity contribution in [3.8, 4) is 0 Å². The highest BCUT2D eigenvalue weighted by Crippen LogP contribution is 2.32. The van der Waals surface area contributed by atoms with Gasteiger partial charge in [0.15, 0.2) is 4.96 Å². The molecule has 0 bridgehead atoms. The Morgan fingerprint density at radius 2 is 1.97 bits per heavy atom. The maximum Gasteiger partial charge on any atom is 0.490 e. The molecule has 1 aromatic carbocycles. The Hall–Kier alpha value is -3.41. The normalized spacial score (nSPS) is 18.1. The maximum absolute atomic E-state index is 12.5. The number of aromatic nitrogens is 4. The van der Waals surface area contributed by atoms with Gasteiger partial charge in [0.1, 0.15) is 5.82 Å². The van der Waals surface area contributed by atoms with Crippen LogP contribution in [0, 0.1) is 6.92 Å². The van der Waals surface area contributed by atoms with Crippen molar-refractivity contribution in [2.45, 2.75) is 63.6 Å². The van der Waals surface area contributed by atoms with Gasteiger partial charge in [0.05, 0.1) is 16.7 Å². The molecule has 3 aromatic heterocycles. The van der Waals surface area contributed by atoms with Gasteiger partial charge in [-0.2, -0.15) is 13.2 Å². The summed E-state index contributed by atoms with van der Waals surface area (Å²) in [6.45, 7) is 2.08. The number of halogens is 3. The molecule has 3 N–H and O–H groups in total. The van der Waals surface area contributed by atoms with Gasteiger partial charge in [-0.15, -0.1) is 11.3 Å². The quantitative estimate of drug-likeness (QED) is 0.343. The fourth-order valence-corrected chi connectivity index (χ4v) is 5.18. The van der Waals surface area contributed by atoms with Crippen LogP contribution in [0.3, 0.4) is 0 Å². The molecule has 1 fully saturated rings. The van der Waals surface area contributed by atoms with Gasteiger partial charge in [0, 0.05) is 35.7 Å². The van der Waals surface area contributed by atoms with E-state index in [1.54, 1.807) is 11.3 Å². The molecule has 12 heteroatoms. The second kappa shape index (κ2) is 10.7. The molecule has 2 atom stereocenters. The monoisotopic (exact) mass is 521 g/mol. The Labute approximate surface area is 208 Å². The highest BCUT2D eigenvalue weighted by molar-refractivity contribution is 7.16. The number of carbonyl (C=O) groups is 2. The number of rotatable bonds is 5. The zero-order valence-corrected chi connectivity index (χ0v) is 20.3. The van der Waals surface area contributed by atoms with E-state index in [1.165, 1.54) is 4.88 Å². The number of nitrogens with one attached hydrogen (secondary N) is 2. The number of alkyl halides is 3. The van der Waals surface area contributed by atoms with Crippen LogP contribution in [0.15, 0.2) is 36.7 Å². The van der Waals surface area contributed by atoms with Crippen molar-refractivity contribution in [1.29, 1.82) is 0 Å². The Balaban J connectivity index is 0.000000384. The Morgan fingerprint density at radius 1 is 1.22 bits per heavy atom. The third-order valence-electron chi connectivity index (χ3n) is 6.01. The van der Waals surface area contributed by atoms with E-state index in [0.29, 0.717) is 18.8 Å². The number of H-pyrrole nitrogens is 1. The topological polar surface area (TPSA) is 112 Å². The molecule has 1 saturated carbocycles. The predicted octanol–water partition coefficient (Wildman–Crippen LogP) is 4.99. The summed E-state index contributed by atoms with van der Waals surface area (Å²) in [5.74, 6) is -1.21. The first-order valence-electron chi connectivity index (χ1n) is 11.6. The van der Waals surface area contributed by atoms with Crippen molar-refractivity contribution in [2.24, 2.45) is 0 Å². The maximum atomic E-state index is 12.5. The lowest BCUT2D eigenvalue weighted by molar-refractivity contribution is -0.192. The molecule has 192 valence electrons. The van der Waals surface area contributed by atoms with E-state index in [-0.39, 0.29) is 11.9 Å². The number of thiazole rings is 1. The third kappa shape index (κ3) is 6.42. The van der Waals surface area contributed by atoms with Gasteiger partial charge in [-0.05, 0) is 44.7 Å². The summed E-state index contributed by atoms with van der Waals surface area (Å²) in [5, 5.41) is 10.4. The standard InChI is InChI=1S/C22H25N5OS.C2HF3O2/c1-14-12-27-13-17(24-22(27)29-14)9-10-20(28)23-16-6-4-5-15(11-16)21-25-18-7-2-3-8-19(18)26-21;3-2(4,5)1(6)7/h2-3,7-8,12-13,15-16H,4-6,9-11H2,1H3,(H,23,28)(H,25,26);(H,6,7). The zero-order chi connectivity index (χ0) is 25.9. The number of aliphatic carboxylic acids is 1. The molecule has 0 spiro atoms. The lowest BCUT2D eigenvalue weighted by Crippen LogP contribution is -2.38. The molecule has 0 saturated heterocycles. The molecule has 2 unspecified atom stereocenters. The van der Waals surface area contributed by atoms with Gasteiger partial charge in [0.2, 0.25) is 5.91 Å². The number of fused-ring (bicyclic) bond motifs is 2. The molecule has 1 amide bonds. The van der Waals surface area contributed by atoms with E-state index < -0.39 is 12.1 Å². The van der Waals surface area contributed by atoms with Crippen molar-refractivity contribution in [2.75, 3.05) is 0 Å². The summed E-state index contributed by atoms with van der Waals surface area (Å²) in [6, 6.07) is 8.37. The van der Waals surface area contributed by atoms with Crippen LogP contribution in [0.2, 0.25) is 0 Å². The molecular weight excluding hydrogens is 495 g/mol. The van der Waals surface area contributed by atoms with E-state index in [2.05, 4.69) is 34.5 Å². The van der Waals surface area contributed by atoms with E-state index in [9.17, 15) is 18.0 Å². The summed E-state index contributed by atoms with van der Waals surface area (Å²) in [5.41, 5.74) is 3.09. The summed E-state index contributed by atoms with van der Waals surface area (Å²) in [4.78, 5) is 36.5. The van der Waals surface area contributed by atoms with Gasteiger partial charge in [-0.25, -0.2) is 14.8 Å². The van der Waals surface area contributed by atoms with Crippen LogP contribution >= 0.6 is 11.3 Å². The van der Waals surface area contributed by atoms with E-state index in [1.807, 2.05) is 28.8 Å². The average Bonchev–Trinajstić information content (AvgIpc) is 3.50. The number of benzene rings is 1. The molecule has 0 aliphatic heterocycles. The predicted molar refractivity (Wildman–Crippen MR) is 129 cm³/mol. The third-order valence-corrected chi connectivity index (χ3v) is 6.92. The van der Waals surface area contributed by atoms with Gasteiger partial charge >= 0.3 is 12.1 Å². The minimum atomic E-state index is -5.08. The van der Waals surface area contributed by atoms with Crippen LogP contribution in [-0.2, 0) is 16.0 Å². The van der Waals surface area contributed by atoms with E-state index >= 15 is 0 Å². The van der Waals surface area contributed by atoms with E-state index in [0.717, 1.165) is 53.2 Å². The summed E-state index contributed by atoms with van der Waals surface area (Å²) in [7, 11) is 0. The fourth-order valence-electron chi connectivity index (χ4n) is 4.36. The molecule has 5 rings (SSSR count). The first-order chi connectivity index (χ1) is 17.1. The number of carboxylic acids is 1. The molecule has 0 radical (unpaired) electrons. The zero-order valence-electron chi connectivity index (χ0n) is 19.5. The minimum Gasteiger partial charge on any atom is -0.475 e. The lowest BCUT2D eigenvalue weighted by atomic mass is 9.85. The number of nitrogens with zero attached hydrogens (tertiary/aromatic N) is 3. The second-order valence-corrected chi connectivity index (χ2v) is 10.0. The molecule has 1 aliphatic carbocycles. The average molecular weight is 522 g/mol. The summed E-state index contributed by atoms with van der Waals surface area (Å²) >= 11 is 1.68. The van der Waals surface area contributed by atoms with Crippen LogP contribution in [0.4, 0.5) is 13.2 Å². The molecule has 1 aliphatic rings. The lowest BCUT2D eigenvalue weighted by Gasteiger charge is -2.28. The number of imidazole rings is 2. The van der Waals surface area contributed by atoms with Crippen LogP contribution in [0.1, 0.15) is 54.4 Å². The molecule has 4 aromatic rings. The Morgan fingerprint density at radius 3 is 2.67 bits per heavy atom. The molecule has 36 heavy (non-hydrogen) atoms. The number of hydrogen-bond donors (Lipinski definition) is 3. The highest BCUT2D eigenvalue weighted by Gasteiger charge is 2.38. The first-order valence-corrected chi connectivity index (χ1v) is 12.4. The SMILES string of the molecule is Cc1cn2cc(CCC(=O)NC3CCCC(c4nc5ccccc5[nH]4)C3)nc2s1.O=C(O)C(F)(F)F. The largest absolute Gasteiger partial charge is 0.490 e. The van der Waals surface area contributed by atoms with Gasteiger partial charge in [0.25, 0.3) is 0 Å². The molecule has 3 heterocycles. The van der Waals surface area contributed by atoms with Crippen LogP contribution < -0.4 is 5.32 Å². The van der Waals surface area contributed by atoms with Crippen LogP contribution in [-0.4, -0.2) is 48.6 Å². The number of aromatic amines is 1. The number of amides is 1. The summed E-state index contributed by atoms with van der Waals surface area (Å²) < 4.78 is 33.8. The molecule has 8 nitrogen and oxygen atoms in total. The van der Waals surface area contributed by atoms with Crippen molar-refractivity contribution >= 4 is 39.2 Å². The minimum absolute atomic E-state index is 0.118. The number of hydrogen-bond acceptors (Lipinski definition) is 5. The fraction of sp³-hybridized carbons (Fsp3) is 0.417. The van der Waals surface area contributed by atoms with Gasteiger partial charge in [-0.3, -0.25) is 9.20 Å². The number of carbonyl (C=O) groups excluding carboxylic acids is 1. The number of carboxylic acid groups (broad SMARTS) is 1. The van der Waals surface area contributed by atoms with E-state index in [4.69, 9.17) is 14.9 Å². The van der Waals surface area contributed by atoms with Gasteiger partial charge in [-0.1, -0.05) is 18.6 Å². The van der Waals surface area contributed by atoms with Crippen LogP contribution in [0.25, 0.3) is 16.0 Å². The highest BCUT2D eigenvalue weighted by atomic mass is 32.1. The molecular formula is C24H26F3N5O3S. The summed E-state index contributed by atoms with van der Waals surface area (Å²) in [6.07, 6.45) is 4.42. The number of para-hydroxylation sites is 2. The smallest absolute Gasteiger partial charge is 0.475 e. The first kappa shape index (κ1) is 25.7. The second-order valence-electron chi connectivity index (χ2n) is 8.83. The van der Waals surface area contributed by atoms with Crippen LogP contribution in [0.5, 0.6) is 0 Å². The van der Waals surface area contributed by atoms with Crippen molar-refractivity contribution in [1.82, 2.24) is 24.7 Å².